The summed E-state index contributed by atoms with van der Waals surface area (Å²) in [5.41, 5.74) is 5.95. The monoisotopic (exact) mass is 185 g/mol. The molecule has 1 saturated heterocycles. The lowest BCUT2D eigenvalue weighted by atomic mass is 10.1. The summed E-state index contributed by atoms with van der Waals surface area (Å²) >= 11 is 0. The van der Waals surface area contributed by atoms with E-state index in [4.69, 9.17) is 5.73 Å². The van der Waals surface area contributed by atoms with Crippen molar-refractivity contribution in [3.63, 3.8) is 0 Å². The van der Waals surface area contributed by atoms with Crippen LogP contribution in [0.15, 0.2) is 0 Å². The number of nitrogens with one attached hydrogen (secondary N) is 1. The van der Waals surface area contributed by atoms with Gasteiger partial charge in [-0.05, 0) is 20.3 Å². The van der Waals surface area contributed by atoms with Crippen LogP contribution in [0.25, 0.3) is 0 Å². The van der Waals surface area contributed by atoms with Crippen LogP contribution in [0, 0.1) is 0 Å². The minimum absolute atomic E-state index is 0.341. The predicted octanol–water partition coefficient (Wildman–Crippen LogP) is 0.406. The molecule has 3 nitrogen and oxygen atoms in total. The van der Waals surface area contributed by atoms with Crippen molar-refractivity contribution in [2.45, 2.75) is 45.3 Å². The molecule has 13 heavy (non-hydrogen) atoms. The molecule has 0 saturated carbocycles. The third-order valence-electron chi connectivity index (χ3n) is 2.89. The molecule has 0 aromatic carbocycles. The van der Waals surface area contributed by atoms with Gasteiger partial charge in [0.1, 0.15) is 0 Å². The summed E-state index contributed by atoms with van der Waals surface area (Å²) in [6.45, 7) is 9.93. The van der Waals surface area contributed by atoms with E-state index in [1.165, 1.54) is 0 Å². The van der Waals surface area contributed by atoms with Crippen molar-refractivity contribution in [3.05, 3.63) is 0 Å². The fourth-order valence-corrected chi connectivity index (χ4v) is 1.78. The molecule has 0 aromatic rings. The smallest absolute Gasteiger partial charge is 0.0193 e. The Kier molecular flexibility index (Phi) is 4.16. The largest absolute Gasteiger partial charge is 0.327 e. The molecule has 3 unspecified atom stereocenters. The van der Waals surface area contributed by atoms with Gasteiger partial charge < -0.3 is 11.1 Å². The first-order valence-electron chi connectivity index (χ1n) is 5.36. The lowest BCUT2D eigenvalue weighted by Crippen LogP contribution is -2.56. The van der Waals surface area contributed by atoms with Crippen molar-refractivity contribution in [3.8, 4) is 0 Å². The highest BCUT2D eigenvalue weighted by Gasteiger charge is 2.22. The Morgan fingerprint density at radius 1 is 1.54 bits per heavy atom. The fraction of sp³-hybridized carbons (Fsp3) is 1.00. The maximum absolute atomic E-state index is 5.95. The highest BCUT2D eigenvalue weighted by molar-refractivity contribution is 4.83. The maximum atomic E-state index is 5.95. The van der Waals surface area contributed by atoms with Crippen LogP contribution in [0.1, 0.15) is 27.2 Å². The van der Waals surface area contributed by atoms with Crippen LogP contribution in [-0.4, -0.2) is 42.7 Å². The summed E-state index contributed by atoms with van der Waals surface area (Å²) in [4.78, 5) is 2.50. The van der Waals surface area contributed by atoms with E-state index in [0.717, 1.165) is 26.1 Å². The number of piperazine rings is 1. The second-order valence-electron chi connectivity index (χ2n) is 4.28. The first-order chi connectivity index (χ1) is 6.13. The van der Waals surface area contributed by atoms with E-state index in [2.05, 4.69) is 31.0 Å². The van der Waals surface area contributed by atoms with Crippen molar-refractivity contribution in [2.24, 2.45) is 5.73 Å². The van der Waals surface area contributed by atoms with Crippen molar-refractivity contribution in [1.82, 2.24) is 10.2 Å². The van der Waals surface area contributed by atoms with Crippen LogP contribution in [0.3, 0.4) is 0 Å². The molecule has 0 aromatic heterocycles. The Morgan fingerprint density at radius 3 is 2.85 bits per heavy atom. The molecule has 0 radical (unpaired) electrons. The van der Waals surface area contributed by atoms with Crippen LogP contribution in [0.2, 0.25) is 0 Å². The molecule has 0 amide bonds. The lowest BCUT2D eigenvalue weighted by molar-refractivity contribution is 0.137. The summed E-state index contributed by atoms with van der Waals surface area (Å²) in [7, 11) is 0. The fourth-order valence-electron chi connectivity index (χ4n) is 1.78. The molecule has 0 aliphatic carbocycles. The summed E-state index contributed by atoms with van der Waals surface area (Å²) in [5, 5.41) is 3.47. The molecule has 78 valence electrons. The molecule has 3 N–H and O–H groups in total. The molecule has 1 heterocycles. The minimum atomic E-state index is 0.341. The van der Waals surface area contributed by atoms with E-state index >= 15 is 0 Å². The van der Waals surface area contributed by atoms with Crippen LogP contribution in [0.5, 0.6) is 0 Å². The van der Waals surface area contributed by atoms with Gasteiger partial charge in [-0.1, -0.05) is 6.92 Å². The van der Waals surface area contributed by atoms with Gasteiger partial charge in [0.05, 0.1) is 0 Å². The SMILES string of the molecule is CCC(N)CN1CC(C)NCC1C. The summed E-state index contributed by atoms with van der Waals surface area (Å²) in [6, 6.07) is 1.59. The van der Waals surface area contributed by atoms with E-state index in [9.17, 15) is 0 Å². The maximum Gasteiger partial charge on any atom is 0.0193 e. The average molecular weight is 185 g/mol. The van der Waals surface area contributed by atoms with Gasteiger partial charge in [-0.2, -0.15) is 0 Å². The number of nitrogens with zero attached hydrogens (tertiary/aromatic N) is 1. The lowest BCUT2D eigenvalue weighted by Gasteiger charge is -2.38. The number of hydrogen-bond acceptors (Lipinski definition) is 3. The molecule has 1 rings (SSSR count). The van der Waals surface area contributed by atoms with E-state index in [1.54, 1.807) is 0 Å². The number of nitrogens with two attached hydrogens (primary N) is 1. The van der Waals surface area contributed by atoms with Crippen molar-refractivity contribution in [1.29, 1.82) is 0 Å². The first-order valence-corrected chi connectivity index (χ1v) is 5.36. The normalized spacial score (nSPS) is 33.2. The van der Waals surface area contributed by atoms with Gasteiger partial charge >= 0.3 is 0 Å². The summed E-state index contributed by atoms with van der Waals surface area (Å²) < 4.78 is 0. The molecule has 1 fully saturated rings. The Morgan fingerprint density at radius 2 is 2.23 bits per heavy atom. The Balaban J connectivity index is 2.37. The van der Waals surface area contributed by atoms with Crippen LogP contribution < -0.4 is 11.1 Å². The Hall–Kier alpha value is -0.120. The van der Waals surface area contributed by atoms with E-state index in [0.29, 0.717) is 18.1 Å². The summed E-state index contributed by atoms with van der Waals surface area (Å²) in [5.74, 6) is 0. The number of hydrogen-bond donors (Lipinski definition) is 2. The van der Waals surface area contributed by atoms with Gasteiger partial charge in [0.25, 0.3) is 0 Å². The standard InChI is InChI=1S/C10H23N3/c1-4-10(11)7-13-6-8(2)12-5-9(13)3/h8-10,12H,4-7,11H2,1-3H3. The van der Waals surface area contributed by atoms with Crippen LogP contribution in [0.4, 0.5) is 0 Å². The molecule has 0 bridgehead atoms. The average Bonchev–Trinajstić information content (AvgIpc) is 2.11. The van der Waals surface area contributed by atoms with Crippen LogP contribution >= 0.6 is 0 Å². The second kappa shape index (κ2) is 4.94. The minimum Gasteiger partial charge on any atom is -0.327 e. The Bertz CT molecular complexity index is 149. The topological polar surface area (TPSA) is 41.3 Å². The highest BCUT2D eigenvalue weighted by atomic mass is 15.2. The van der Waals surface area contributed by atoms with E-state index < -0.39 is 0 Å². The number of rotatable bonds is 3. The molecule has 1 aliphatic rings. The van der Waals surface area contributed by atoms with Gasteiger partial charge in [0.15, 0.2) is 0 Å². The van der Waals surface area contributed by atoms with E-state index in [-0.39, 0.29) is 0 Å². The molecular formula is C10H23N3. The molecule has 3 heteroatoms. The van der Waals surface area contributed by atoms with Crippen molar-refractivity contribution < 1.29 is 0 Å². The second-order valence-corrected chi connectivity index (χ2v) is 4.28. The van der Waals surface area contributed by atoms with Gasteiger partial charge in [0.2, 0.25) is 0 Å². The highest BCUT2D eigenvalue weighted by Crippen LogP contribution is 2.07. The van der Waals surface area contributed by atoms with Crippen LogP contribution in [-0.2, 0) is 0 Å². The quantitative estimate of drug-likeness (QED) is 0.669. The summed E-state index contributed by atoms with van der Waals surface area (Å²) in [6.07, 6.45) is 1.07. The first kappa shape index (κ1) is 11.0. The third-order valence-corrected chi connectivity index (χ3v) is 2.89. The van der Waals surface area contributed by atoms with Gasteiger partial charge in [-0.25, -0.2) is 0 Å². The molecule has 0 spiro atoms. The van der Waals surface area contributed by atoms with Crippen molar-refractivity contribution >= 4 is 0 Å². The third kappa shape index (κ3) is 3.25. The molecular weight excluding hydrogens is 162 g/mol. The van der Waals surface area contributed by atoms with Crippen molar-refractivity contribution in [2.75, 3.05) is 19.6 Å². The Labute approximate surface area is 81.7 Å². The van der Waals surface area contributed by atoms with Gasteiger partial charge in [-0.3, -0.25) is 4.90 Å². The van der Waals surface area contributed by atoms with E-state index in [1.807, 2.05) is 0 Å². The zero-order chi connectivity index (χ0) is 9.84. The zero-order valence-corrected chi connectivity index (χ0v) is 9.09. The van der Waals surface area contributed by atoms with Gasteiger partial charge in [-0.15, -0.1) is 0 Å². The zero-order valence-electron chi connectivity index (χ0n) is 9.09. The predicted molar refractivity (Wildman–Crippen MR) is 56.8 cm³/mol. The molecule has 1 aliphatic heterocycles. The van der Waals surface area contributed by atoms with Gasteiger partial charge in [0, 0.05) is 37.8 Å². The molecule has 3 atom stereocenters.